The number of rotatable bonds is 4. The van der Waals surface area contributed by atoms with Gasteiger partial charge in [0, 0.05) is 44.8 Å². The maximum absolute atomic E-state index is 13.4. The Morgan fingerprint density at radius 1 is 0.867 bits per heavy atom. The fraction of sp³-hybridized carbons (Fsp3) is 0.409. The molecule has 0 aromatic heterocycles. The predicted molar refractivity (Wildman–Crippen MR) is 115 cm³/mol. The van der Waals surface area contributed by atoms with Crippen LogP contribution in [0.25, 0.3) is 11.1 Å². The molecular weight excluding hydrogens is 402 g/mol. The van der Waals surface area contributed by atoms with Crippen molar-refractivity contribution in [3.63, 3.8) is 0 Å². The van der Waals surface area contributed by atoms with Crippen molar-refractivity contribution < 1.29 is 17.9 Å². The molecule has 0 N–H and O–H groups in total. The normalized spacial score (nSPS) is 19.0. The fourth-order valence-corrected chi connectivity index (χ4v) is 5.29. The van der Waals surface area contributed by atoms with Crippen molar-refractivity contribution in [1.29, 1.82) is 0 Å². The Morgan fingerprint density at radius 3 is 2.20 bits per heavy atom. The molecule has 4 rings (SSSR count). The van der Waals surface area contributed by atoms with E-state index in [0.29, 0.717) is 58.0 Å². The van der Waals surface area contributed by atoms with E-state index in [0.717, 1.165) is 11.1 Å². The maximum Gasteiger partial charge on any atom is 0.254 e. The first-order chi connectivity index (χ1) is 14.4. The van der Waals surface area contributed by atoms with E-state index in [2.05, 4.69) is 4.90 Å². The molecule has 160 valence electrons. The topological polar surface area (TPSA) is 70.2 Å². The van der Waals surface area contributed by atoms with Crippen LogP contribution in [0.4, 0.5) is 0 Å². The number of amides is 1. The van der Waals surface area contributed by atoms with Gasteiger partial charge in [0.2, 0.25) is 10.0 Å². The lowest BCUT2D eigenvalue weighted by Crippen LogP contribution is -2.47. The summed E-state index contributed by atoms with van der Waals surface area (Å²) in [6, 6.07) is 14.6. The summed E-state index contributed by atoms with van der Waals surface area (Å²) in [5.41, 5.74) is 2.00. The molecule has 0 spiro atoms. The number of ether oxygens (including phenoxy) is 1. The lowest BCUT2D eigenvalue weighted by Gasteiger charge is -2.32. The smallest absolute Gasteiger partial charge is 0.254 e. The summed E-state index contributed by atoms with van der Waals surface area (Å²) in [5, 5.41) is 0. The van der Waals surface area contributed by atoms with Gasteiger partial charge in [-0.15, -0.1) is 0 Å². The van der Waals surface area contributed by atoms with Gasteiger partial charge in [0.15, 0.2) is 0 Å². The molecule has 2 aliphatic heterocycles. The molecule has 0 atom stereocenters. The van der Waals surface area contributed by atoms with Crippen LogP contribution in [0.1, 0.15) is 10.4 Å². The van der Waals surface area contributed by atoms with E-state index < -0.39 is 10.0 Å². The molecule has 1 amide bonds. The Kier molecular flexibility index (Phi) is 6.19. The Balaban J connectivity index is 1.74. The second-order valence-corrected chi connectivity index (χ2v) is 9.66. The molecule has 2 fully saturated rings. The van der Waals surface area contributed by atoms with E-state index in [-0.39, 0.29) is 10.8 Å². The first kappa shape index (κ1) is 21.0. The summed E-state index contributed by atoms with van der Waals surface area (Å²) in [6.07, 6.45) is 0. The first-order valence-corrected chi connectivity index (χ1v) is 11.7. The fourth-order valence-electron chi connectivity index (χ4n) is 3.80. The Morgan fingerprint density at radius 2 is 1.53 bits per heavy atom. The van der Waals surface area contributed by atoms with Crippen LogP contribution in [0.3, 0.4) is 0 Å². The number of carbonyl (C=O) groups excluding carboxylic acids is 1. The minimum Gasteiger partial charge on any atom is -0.378 e. The van der Waals surface area contributed by atoms with Gasteiger partial charge in [0.1, 0.15) is 0 Å². The van der Waals surface area contributed by atoms with Crippen LogP contribution in [0.15, 0.2) is 53.4 Å². The number of hydrogen-bond donors (Lipinski definition) is 0. The molecule has 2 heterocycles. The highest BCUT2D eigenvalue weighted by Crippen LogP contribution is 2.28. The van der Waals surface area contributed by atoms with E-state index >= 15 is 0 Å². The zero-order chi connectivity index (χ0) is 21.1. The van der Waals surface area contributed by atoms with E-state index in [1.165, 1.54) is 10.4 Å². The molecule has 2 aliphatic rings. The molecule has 2 saturated heterocycles. The molecule has 2 aromatic carbocycles. The van der Waals surface area contributed by atoms with E-state index in [1.807, 2.05) is 37.4 Å². The third-order valence-corrected chi connectivity index (χ3v) is 7.54. The summed E-state index contributed by atoms with van der Waals surface area (Å²) in [5.74, 6) is -0.161. The van der Waals surface area contributed by atoms with Crippen molar-refractivity contribution in [2.24, 2.45) is 0 Å². The zero-order valence-corrected chi connectivity index (χ0v) is 18.0. The molecule has 8 heteroatoms. The number of likely N-dealkylation sites (N-methyl/N-ethyl adjacent to an activating group) is 1. The third-order valence-electron chi connectivity index (χ3n) is 5.66. The monoisotopic (exact) mass is 429 g/mol. The molecule has 0 aliphatic carbocycles. The Bertz CT molecular complexity index is 996. The van der Waals surface area contributed by atoms with Gasteiger partial charge in [-0.25, -0.2) is 8.42 Å². The van der Waals surface area contributed by atoms with Crippen LogP contribution in [-0.2, 0) is 14.8 Å². The first-order valence-electron chi connectivity index (χ1n) is 10.2. The lowest BCUT2D eigenvalue weighted by molar-refractivity contribution is 0.0303. The van der Waals surface area contributed by atoms with Crippen molar-refractivity contribution >= 4 is 15.9 Å². The highest BCUT2D eigenvalue weighted by molar-refractivity contribution is 7.89. The van der Waals surface area contributed by atoms with Crippen LogP contribution in [0, 0.1) is 0 Å². The highest BCUT2D eigenvalue weighted by atomic mass is 32.2. The molecule has 0 radical (unpaired) electrons. The largest absolute Gasteiger partial charge is 0.378 e. The number of piperazine rings is 1. The van der Waals surface area contributed by atoms with Gasteiger partial charge >= 0.3 is 0 Å². The average molecular weight is 430 g/mol. The summed E-state index contributed by atoms with van der Waals surface area (Å²) in [6.45, 7) is 4.29. The summed E-state index contributed by atoms with van der Waals surface area (Å²) >= 11 is 0. The van der Waals surface area contributed by atoms with Crippen molar-refractivity contribution in [3.8, 4) is 11.1 Å². The van der Waals surface area contributed by atoms with Gasteiger partial charge < -0.3 is 14.5 Å². The number of nitrogens with zero attached hydrogens (tertiary/aromatic N) is 3. The van der Waals surface area contributed by atoms with Crippen molar-refractivity contribution in [2.75, 3.05) is 59.5 Å². The standard InChI is InChI=1S/C22H27N3O4S/c1-23-7-9-25(10-8-23)30(27,28)21-16-19(18-5-3-2-4-6-18)15-20(17-21)22(26)24-11-13-29-14-12-24/h2-6,15-17H,7-14H2,1H3. The van der Waals surface area contributed by atoms with Gasteiger partial charge in [0.25, 0.3) is 5.91 Å². The van der Waals surface area contributed by atoms with Crippen molar-refractivity contribution in [2.45, 2.75) is 4.90 Å². The minimum absolute atomic E-state index is 0.161. The van der Waals surface area contributed by atoms with E-state index in [1.54, 1.807) is 17.0 Å². The van der Waals surface area contributed by atoms with Crippen molar-refractivity contribution in [3.05, 3.63) is 54.1 Å². The Labute approximate surface area is 177 Å². The van der Waals surface area contributed by atoms with Crippen LogP contribution >= 0.6 is 0 Å². The molecule has 2 aromatic rings. The zero-order valence-electron chi connectivity index (χ0n) is 17.2. The van der Waals surface area contributed by atoms with Crippen molar-refractivity contribution in [1.82, 2.24) is 14.1 Å². The second kappa shape index (κ2) is 8.85. The summed E-state index contributed by atoms with van der Waals surface area (Å²) < 4.78 is 33.6. The highest BCUT2D eigenvalue weighted by Gasteiger charge is 2.29. The maximum atomic E-state index is 13.4. The second-order valence-electron chi connectivity index (χ2n) is 7.72. The Hall–Kier alpha value is -2.26. The van der Waals surface area contributed by atoms with Crippen LogP contribution in [-0.4, -0.2) is 88.0 Å². The minimum atomic E-state index is -3.69. The summed E-state index contributed by atoms with van der Waals surface area (Å²) in [4.78, 5) is 17.1. The number of benzene rings is 2. The average Bonchev–Trinajstić information content (AvgIpc) is 2.80. The number of sulfonamides is 1. The van der Waals surface area contributed by atoms with Crippen LogP contribution < -0.4 is 0 Å². The number of hydrogen-bond acceptors (Lipinski definition) is 5. The molecule has 30 heavy (non-hydrogen) atoms. The predicted octanol–water partition coefficient (Wildman–Crippen LogP) is 1.76. The number of carbonyl (C=O) groups is 1. The van der Waals surface area contributed by atoms with E-state index in [4.69, 9.17) is 4.74 Å². The van der Waals surface area contributed by atoms with Crippen LogP contribution in [0.5, 0.6) is 0 Å². The van der Waals surface area contributed by atoms with Crippen LogP contribution in [0.2, 0.25) is 0 Å². The summed E-state index contributed by atoms with van der Waals surface area (Å²) in [7, 11) is -1.71. The molecule has 7 nitrogen and oxygen atoms in total. The molecular formula is C22H27N3O4S. The van der Waals surface area contributed by atoms with Gasteiger partial charge in [-0.05, 0) is 36.4 Å². The SMILES string of the molecule is CN1CCN(S(=O)(=O)c2cc(C(=O)N3CCOCC3)cc(-c3ccccc3)c2)CC1. The molecule has 0 unspecified atom stereocenters. The molecule has 0 bridgehead atoms. The van der Waals surface area contributed by atoms with Gasteiger partial charge in [-0.2, -0.15) is 4.31 Å². The van der Waals surface area contributed by atoms with Gasteiger partial charge in [-0.3, -0.25) is 4.79 Å². The third kappa shape index (κ3) is 4.41. The quantitative estimate of drug-likeness (QED) is 0.741. The lowest BCUT2D eigenvalue weighted by atomic mass is 10.0. The molecule has 0 saturated carbocycles. The van der Waals surface area contributed by atoms with E-state index in [9.17, 15) is 13.2 Å². The van der Waals surface area contributed by atoms with Gasteiger partial charge in [0.05, 0.1) is 18.1 Å². The van der Waals surface area contributed by atoms with Gasteiger partial charge in [-0.1, -0.05) is 30.3 Å². The number of morpholine rings is 1.